The largest absolute Gasteiger partial charge is 0.416 e. The number of hydrogen-bond acceptors (Lipinski definition) is 2. The second-order valence-corrected chi connectivity index (χ2v) is 1.40. The molecule has 0 aliphatic rings. The molecular formula is C4H3F2NO2. The minimum atomic E-state index is -2.67. The predicted molar refractivity (Wildman–Crippen MR) is 24.3 cm³/mol. The highest BCUT2D eigenvalue weighted by Gasteiger charge is 2.08. The van der Waals surface area contributed by atoms with Crippen molar-refractivity contribution in [1.29, 1.82) is 0 Å². The monoisotopic (exact) mass is 135 g/mol. The lowest BCUT2D eigenvalue weighted by atomic mass is 10.5. The molecule has 50 valence electrons. The van der Waals surface area contributed by atoms with Crippen molar-refractivity contribution in [3.05, 3.63) is 22.5 Å². The number of aromatic amines is 1. The standard InChI is InChI=1S/C4H3F2NO2/c5-3(6)2-1-9-4(8)7-2/h1,3H,(H,7,8). The van der Waals surface area contributed by atoms with Gasteiger partial charge < -0.3 is 4.42 Å². The van der Waals surface area contributed by atoms with Crippen molar-refractivity contribution in [2.75, 3.05) is 0 Å². The summed E-state index contributed by atoms with van der Waals surface area (Å²) in [5.74, 6) is -0.856. The van der Waals surface area contributed by atoms with Crippen molar-refractivity contribution in [2.24, 2.45) is 0 Å². The Hall–Kier alpha value is -1.13. The fourth-order valence-corrected chi connectivity index (χ4v) is 0.400. The molecule has 1 rings (SSSR count). The number of oxazole rings is 1. The molecule has 0 atom stereocenters. The molecule has 0 aromatic carbocycles. The van der Waals surface area contributed by atoms with E-state index in [9.17, 15) is 13.6 Å². The zero-order valence-electron chi connectivity index (χ0n) is 4.23. The van der Waals surface area contributed by atoms with E-state index in [0.717, 1.165) is 0 Å². The summed E-state index contributed by atoms with van der Waals surface area (Å²) in [6.45, 7) is 0. The van der Waals surface area contributed by atoms with Crippen molar-refractivity contribution in [2.45, 2.75) is 6.43 Å². The van der Waals surface area contributed by atoms with Crippen LogP contribution >= 0.6 is 0 Å². The number of aromatic nitrogens is 1. The van der Waals surface area contributed by atoms with Crippen molar-refractivity contribution < 1.29 is 13.2 Å². The minimum absolute atomic E-state index is 0.486. The number of rotatable bonds is 1. The molecule has 0 aliphatic heterocycles. The lowest BCUT2D eigenvalue weighted by molar-refractivity contribution is 0.146. The molecule has 0 amide bonds. The molecular weight excluding hydrogens is 132 g/mol. The minimum Gasteiger partial charge on any atom is -0.416 e. The van der Waals surface area contributed by atoms with Gasteiger partial charge in [0.25, 0.3) is 6.43 Å². The smallest absolute Gasteiger partial charge is 0.416 e. The first kappa shape index (κ1) is 6.00. The topological polar surface area (TPSA) is 46.0 Å². The molecule has 5 heteroatoms. The van der Waals surface area contributed by atoms with E-state index in [1.165, 1.54) is 0 Å². The van der Waals surface area contributed by atoms with Gasteiger partial charge in [-0.15, -0.1) is 0 Å². The van der Waals surface area contributed by atoms with Gasteiger partial charge in [-0.2, -0.15) is 0 Å². The second-order valence-electron chi connectivity index (χ2n) is 1.40. The summed E-state index contributed by atoms with van der Waals surface area (Å²) in [6, 6.07) is 0. The van der Waals surface area contributed by atoms with Crippen LogP contribution in [0.25, 0.3) is 0 Å². The van der Waals surface area contributed by atoms with E-state index in [1.807, 2.05) is 0 Å². The third-order valence-corrected chi connectivity index (χ3v) is 0.774. The quantitative estimate of drug-likeness (QED) is 0.621. The number of H-pyrrole nitrogens is 1. The Morgan fingerprint density at radius 3 is 2.56 bits per heavy atom. The summed E-state index contributed by atoms with van der Waals surface area (Å²) in [5.41, 5.74) is -0.486. The molecule has 3 nitrogen and oxygen atoms in total. The van der Waals surface area contributed by atoms with E-state index in [0.29, 0.717) is 6.26 Å². The predicted octanol–water partition coefficient (Wildman–Crippen LogP) is 0.905. The second kappa shape index (κ2) is 2.00. The summed E-state index contributed by atoms with van der Waals surface area (Å²) in [5, 5.41) is 0. The first-order valence-electron chi connectivity index (χ1n) is 2.16. The van der Waals surface area contributed by atoms with Crippen molar-refractivity contribution >= 4 is 0 Å². The molecule has 1 aromatic heterocycles. The van der Waals surface area contributed by atoms with Gasteiger partial charge in [-0.05, 0) is 0 Å². The van der Waals surface area contributed by atoms with Crippen LogP contribution in [-0.4, -0.2) is 4.98 Å². The van der Waals surface area contributed by atoms with Crippen LogP contribution < -0.4 is 5.76 Å². The molecule has 0 radical (unpaired) electrons. The summed E-state index contributed by atoms with van der Waals surface area (Å²) in [4.78, 5) is 11.8. The van der Waals surface area contributed by atoms with Crippen LogP contribution in [0.5, 0.6) is 0 Å². The van der Waals surface area contributed by atoms with Crippen LogP contribution in [0.4, 0.5) is 8.78 Å². The van der Waals surface area contributed by atoms with Crippen LogP contribution in [-0.2, 0) is 0 Å². The molecule has 0 fully saturated rings. The highest BCUT2D eigenvalue weighted by atomic mass is 19.3. The lowest BCUT2D eigenvalue weighted by Gasteiger charge is -1.85. The number of hydrogen-bond donors (Lipinski definition) is 1. The lowest BCUT2D eigenvalue weighted by Crippen LogP contribution is -1.96. The van der Waals surface area contributed by atoms with Crippen LogP contribution in [0.3, 0.4) is 0 Å². The van der Waals surface area contributed by atoms with E-state index in [-0.39, 0.29) is 0 Å². The number of halogens is 2. The van der Waals surface area contributed by atoms with E-state index in [4.69, 9.17) is 0 Å². The Kier molecular flexibility index (Phi) is 1.33. The third kappa shape index (κ3) is 1.16. The molecule has 0 aliphatic carbocycles. The molecule has 0 unspecified atom stereocenters. The SMILES string of the molecule is O=c1[nH]c(C(F)F)co1. The molecule has 9 heavy (non-hydrogen) atoms. The van der Waals surface area contributed by atoms with Crippen molar-refractivity contribution in [3.63, 3.8) is 0 Å². The Morgan fingerprint density at radius 1 is 1.67 bits per heavy atom. The van der Waals surface area contributed by atoms with Gasteiger partial charge in [0.1, 0.15) is 12.0 Å². The maximum atomic E-state index is 11.6. The zero-order chi connectivity index (χ0) is 6.85. The number of alkyl halides is 2. The Bertz CT molecular complexity index is 239. The van der Waals surface area contributed by atoms with Gasteiger partial charge in [0.2, 0.25) is 0 Å². The van der Waals surface area contributed by atoms with Crippen molar-refractivity contribution in [3.8, 4) is 0 Å². The fourth-order valence-electron chi connectivity index (χ4n) is 0.400. The van der Waals surface area contributed by atoms with Crippen LogP contribution in [0, 0.1) is 0 Å². The van der Waals surface area contributed by atoms with E-state index < -0.39 is 17.9 Å². The molecule has 1 heterocycles. The Balaban J connectivity index is 2.98. The molecule has 1 aromatic rings. The summed E-state index contributed by atoms with van der Waals surface area (Å²) in [7, 11) is 0. The van der Waals surface area contributed by atoms with Crippen LogP contribution in [0.2, 0.25) is 0 Å². The Morgan fingerprint density at radius 2 is 2.33 bits per heavy atom. The fraction of sp³-hybridized carbons (Fsp3) is 0.250. The van der Waals surface area contributed by atoms with Gasteiger partial charge in [-0.1, -0.05) is 0 Å². The first-order valence-corrected chi connectivity index (χ1v) is 2.16. The third-order valence-electron chi connectivity index (χ3n) is 0.774. The van der Waals surface area contributed by atoms with Crippen molar-refractivity contribution in [1.82, 2.24) is 4.98 Å². The van der Waals surface area contributed by atoms with Gasteiger partial charge >= 0.3 is 5.76 Å². The maximum absolute atomic E-state index is 11.6. The van der Waals surface area contributed by atoms with Crippen LogP contribution in [0.1, 0.15) is 12.1 Å². The van der Waals surface area contributed by atoms with Gasteiger partial charge in [-0.3, -0.25) is 4.98 Å². The summed E-state index contributed by atoms with van der Waals surface area (Å²) in [6.07, 6.45) is -1.97. The van der Waals surface area contributed by atoms with Crippen LogP contribution in [0.15, 0.2) is 15.5 Å². The normalized spacial score (nSPS) is 10.6. The van der Waals surface area contributed by atoms with Gasteiger partial charge in [0.05, 0.1) is 0 Å². The van der Waals surface area contributed by atoms with Gasteiger partial charge in [-0.25, -0.2) is 13.6 Å². The summed E-state index contributed by atoms with van der Waals surface area (Å²) < 4.78 is 27.1. The highest BCUT2D eigenvalue weighted by molar-refractivity contribution is 4.91. The van der Waals surface area contributed by atoms with E-state index in [1.54, 1.807) is 4.98 Å². The van der Waals surface area contributed by atoms with Gasteiger partial charge in [0, 0.05) is 0 Å². The van der Waals surface area contributed by atoms with E-state index >= 15 is 0 Å². The molecule has 0 saturated heterocycles. The zero-order valence-corrected chi connectivity index (χ0v) is 4.23. The van der Waals surface area contributed by atoms with E-state index in [2.05, 4.69) is 4.42 Å². The average Bonchev–Trinajstić information content (AvgIpc) is 2.14. The molecule has 0 bridgehead atoms. The average molecular weight is 135 g/mol. The maximum Gasteiger partial charge on any atom is 0.416 e. The highest BCUT2D eigenvalue weighted by Crippen LogP contribution is 2.13. The summed E-state index contributed by atoms with van der Waals surface area (Å²) >= 11 is 0. The molecule has 0 saturated carbocycles. The Labute approximate surface area is 48.3 Å². The van der Waals surface area contributed by atoms with Gasteiger partial charge in [0.15, 0.2) is 0 Å². The molecule has 0 spiro atoms. The first-order chi connectivity index (χ1) is 4.20. The molecule has 1 N–H and O–H groups in total. The number of nitrogens with one attached hydrogen (secondary N) is 1.